The molecule has 3 aliphatic heterocycles. The van der Waals surface area contributed by atoms with Gasteiger partial charge in [-0.15, -0.1) is 0 Å². The lowest BCUT2D eigenvalue weighted by Crippen LogP contribution is -2.55. The maximum absolute atomic E-state index is 13.7. The van der Waals surface area contributed by atoms with E-state index in [1.807, 2.05) is 4.90 Å². The second-order valence-corrected chi connectivity index (χ2v) is 18.5. The largest absolute Gasteiger partial charge is 0.446 e. The summed E-state index contributed by atoms with van der Waals surface area (Å²) in [5.74, 6) is 0.0289. The van der Waals surface area contributed by atoms with Crippen LogP contribution in [0.15, 0.2) is 0 Å². The third kappa shape index (κ3) is 4.83. The number of hydrogen-bond donors (Lipinski definition) is 0. The van der Waals surface area contributed by atoms with Gasteiger partial charge in [-0.2, -0.15) is 0 Å². The maximum atomic E-state index is 13.7. The Morgan fingerprint density at radius 1 is 0.809 bits per heavy atom. The van der Waals surface area contributed by atoms with Crippen LogP contribution in [0.1, 0.15) is 120 Å². The molecule has 7 nitrogen and oxygen atoms in total. The fourth-order valence-electron chi connectivity index (χ4n) is 13.2. The number of alkyl halides is 2. The molecule has 0 bridgehead atoms. The first kappa shape index (κ1) is 32.6. The molecular weight excluding hydrogens is 602 g/mol. The van der Waals surface area contributed by atoms with Crippen molar-refractivity contribution in [3.63, 3.8) is 0 Å². The smallest absolute Gasteiger partial charge is 0.410 e. The normalized spacial score (nSPS) is 46.5. The molecule has 8 fully saturated rings. The zero-order valence-electron chi connectivity index (χ0n) is 29.4. The average Bonchev–Trinajstić information content (AvgIpc) is 3.56. The van der Waals surface area contributed by atoms with E-state index in [1.165, 1.54) is 37.0 Å². The van der Waals surface area contributed by atoms with Crippen molar-refractivity contribution in [1.82, 2.24) is 9.80 Å². The SMILES string of the molecule is CC(C)[C@@H](OC(=O)N1CCC1)C1CCC2C(CC3C4CCC5C(C)(C)[C@@H](OC(=O)N6CCC(F)(F)CC6)CC[C@@]56C[C@@]46CC[C@]23C)O1.[HH]. The summed E-state index contributed by atoms with van der Waals surface area (Å²) in [4.78, 5) is 29.2. The molecule has 5 aliphatic carbocycles. The van der Waals surface area contributed by atoms with E-state index in [-0.39, 0.29) is 69.2 Å². The number of ether oxygens (including phenoxy) is 3. The van der Waals surface area contributed by atoms with Crippen molar-refractivity contribution >= 4 is 12.2 Å². The first-order chi connectivity index (χ1) is 22.2. The molecule has 9 heteroatoms. The molecule has 8 aliphatic rings. The molecule has 0 N–H and O–H groups in total. The van der Waals surface area contributed by atoms with Crippen LogP contribution in [-0.4, -0.2) is 78.5 Å². The van der Waals surface area contributed by atoms with Gasteiger partial charge in [0.05, 0.1) is 12.2 Å². The van der Waals surface area contributed by atoms with Gasteiger partial charge >= 0.3 is 12.2 Å². The number of rotatable bonds is 4. The highest BCUT2D eigenvalue weighted by Crippen LogP contribution is 2.87. The quantitative estimate of drug-likeness (QED) is 0.302. The van der Waals surface area contributed by atoms with Gasteiger partial charge in [0.25, 0.3) is 5.92 Å². The summed E-state index contributed by atoms with van der Waals surface area (Å²) < 4.78 is 46.8. The van der Waals surface area contributed by atoms with Crippen LogP contribution in [0, 0.1) is 51.2 Å². The second kappa shape index (κ2) is 10.9. The fraction of sp³-hybridized carbons (Fsp3) is 0.947. The Labute approximate surface area is 281 Å². The first-order valence-electron chi connectivity index (χ1n) is 19.2. The maximum Gasteiger partial charge on any atom is 0.410 e. The van der Waals surface area contributed by atoms with E-state index < -0.39 is 12.0 Å². The van der Waals surface area contributed by atoms with Crippen molar-refractivity contribution in [1.29, 1.82) is 0 Å². The first-order valence-corrected chi connectivity index (χ1v) is 19.2. The van der Waals surface area contributed by atoms with Crippen molar-refractivity contribution in [2.75, 3.05) is 26.2 Å². The monoisotopic (exact) mass is 662 g/mol. The van der Waals surface area contributed by atoms with Gasteiger partial charge in [-0.05, 0) is 116 Å². The van der Waals surface area contributed by atoms with Crippen LogP contribution in [0.2, 0.25) is 0 Å². The molecule has 47 heavy (non-hydrogen) atoms. The lowest BCUT2D eigenvalue weighted by molar-refractivity contribution is -0.151. The highest BCUT2D eigenvalue weighted by atomic mass is 19.3. The minimum absolute atomic E-state index is 0. The molecular formula is C38H60F2N2O5. The molecule has 0 aromatic heterocycles. The average molecular weight is 663 g/mol. The van der Waals surface area contributed by atoms with Gasteiger partial charge < -0.3 is 24.0 Å². The van der Waals surface area contributed by atoms with Crippen LogP contribution in [0.3, 0.4) is 0 Å². The molecule has 0 radical (unpaired) electrons. The van der Waals surface area contributed by atoms with E-state index in [2.05, 4.69) is 34.6 Å². The van der Waals surface area contributed by atoms with Crippen molar-refractivity contribution in [3.8, 4) is 0 Å². The molecule has 11 atom stereocenters. The Morgan fingerprint density at radius 2 is 1.51 bits per heavy atom. The van der Waals surface area contributed by atoms with Gasteiger partial charge in [0.15, 0.2) is 0 Å². The third-order valence-corrected chi connectivity index (χ3v) is 15.9. The van der Waals surface area contributed by atoms with Crippen molar-refractivity contribution in [2.24, 2.45) is 51.2 Å². The van der Waals surface area contributed by atoms with Crippen LogP contribution in [-0.2, 0) is 14.2 Å². The fourth-order valence-corrected chi connectivity index (χ4v) is 13.2. The highest BCUT2D eigenvalue weighted by molar-refractivity contribution is 5.69. The van der Waals surface area contributed by atoms with E-state index in [4.69, 9.17) is 14.2 Å². The number of amides is 2. The molecule has 266 valence electrons. The molecule has 2 amide bonds. The van der Waals surface area contributed by atoms with Crippen LogP contribution >= 0.6 is 0 Å². The summed E-state index contributed by atoms with van der Waals surface area (Å²) in [6.45, 7) is 13.3. The molecule has 8 rings (SSSR count). The van der Waals surface area contributed by atoms with Gasteiger partial charge in [-0.1, -0.05) is 34.6 Å². The lowest BCUT2D eigenvalue weighted by Gasteiger charge is -2.59. The summed E-state index contributed by atoms with van der Waals surface area (Å²) >= 11 is 0. The molecule has 5 saturated carbocycles. The van der Waals surface area contributed by atoms with Gasteiger partial charge in [0.2, 0.25) is 0 Å². The van der Waals surface area contributed by atoms with Gasteiger partial charge in [0, 0.05) is 45.9 Å². The number of carbonyl (C=O) groups excluding carboxylic acids is 2. The Kier molecular flexibility index (Phi) is 7.57. The number of carbonyl (C=O) groups is 2. The van der Waals surface area contributed by atoms with Gasteiger partial charge in [-0.25, -0.2) is 18.4 Å². The van der Waals surface area contributed by atoms with Crippen LogP contribution in [0.5, 0.6) is 0 Å². The minimum atomic E-state index is -2.67. The van der Waals surface area contributed by atoms with Crippen molar-refractivity contribution in [3.05, 3.63) is 0 Å². The summed E-state index contributed by atoms with van der Waals surface area (Å²) in [5, 5.41) is 0. The summed E-state index contributed by atoms with van der Waals surface area (Å²) in [6.07, 6.45) is 11.4. The number of hydrogen-bond acceptors (Lipinski definition) is 5. The van der Waals surface area contributed by atoms with E-state index in [1.54, 1.807) is 0 Å². The topological polar surface area (TPSA) is 68.3 Å². The van der Waals surface area contributed by atoms with Crippen LogP contribution in [0.25, 0.3) is 0 Å². The van der Waals surface area contributed by atoms with E-state index >= 15 is 0 Å². The number of fused-ring (bicyclic) bond motifs is 4. The van der Waals surface area contributed by atoms with Crippen molar-refractivity contribution in [2.45, 2.75) is 148 Å². The Morgan fingerprint density at radius 3 is 2.19 bits per heavy atom. The zero-order valence-corrected chi connectivity index (χ0v) is 29.4. The highest BCUT2D eigenvalue weighted by Gasteiger charge is 2.81. The third-order valence-electron chi connectivity index (χ3n) is 15.9. The zero-order chi connectivity index (χ0) is 33.1. The molecule has 6 unspecified atom stereocenters. The number of halogens is 2. The molecule has 3 saturated heterocycles. The van der Waals surface area contributed by atoms with E-state index in [9.17, 15) is 18.4 Å². The Balaban J connectivity index is 0.00000364. The second-order valence-electron chi connectivity index (χ2n) is 18.5. The predicted octanol–water partition coefficient (Wildman–Crippen LogP) is 8.54. The number of piperidine rings is 1. The predicted molar refractivity (Wildman–Crippen MR) is 175 cm³/mol. The molecule has 3 heterocycles. The lowest BCUT2D eigenvalue weighted by atomic mass is 9.46. The summed E-state index contributed by atoms with van der Waals surface area (Å²) in [7, 11) is 0. The van der Waals surface area contributed by atoms with E-state index in [0.717, 1.165) is 57.5 Å². The molecule has 0 aromatic rings. The Bertz CT molecular complexity index is 1270. The van der Waals surface area contributed by atoms with Crippen LogP contribution < -0.4 is 0 Å². The summed E-state index contributed by atoms with van der Waals surface area (Å²) in [5.41, 5.74) is 0.895. The number of nitrogens with zero attached hydrogens (tertiary/aromatic N) is 2. The molecule has 0 aromatic carbocycles. The number of likely N-dealkylation sites (tertiary alicyclic amines) is 2. The standard InChI is InChI=1S/C38H58F2N2O5.H2/c1-23(2)31(47-33(44)41-17-6-18-41)27-9-7-25-28(45-27)21-26-24-8-10-29-34(3,4)30(46-32(43)42-19-15-38(39,40)16-20-42)11-12-37(29)22-36(24,37)14-13-35(25,26)5;/h23-31H,6-22H2,1-5H3;1H/t24?,25?,26?,27?,28?,29?,30-,31+,35+,36-,37+;/m0./s1. The van der Waals surface area contributed by atoms with Crippen molar-refractivity contribution < 1.29 is 34.0 Å². The van der Waals surface area contributed by atoms with E-state index in [0.29, 0.717) is 34.0 Å². The Hall–Kier alpha value is -1.64. The van der Waals surface area contributed by atoms with Gasteiger partial charge in [0.1, 0.15) is 12.2 Å². The van der Waals surface area contributed by atoms with Crippen LogP contribution in [0.4, 0.5) is 18.4 Å². The molecule has 2 spiro atoms. The minimum Gasteiger partial charge on any atom is -0.446 e. The van der Waals surface area contributed by atoms with Gasteiger partial charge in [-0.3, -0.25) is 0 Å². The summed E-state index contributed by atoms with van der Waals surface area (Å²) in [6, 6.07) is 0.